The van der Waals surface area contributed by atoms with Crippen LogP contribution in [0.1, 0.15) is 46.5 Å². The normalized spacial score (nSPS) is 14.7. The zero-order valence-corrected chi connectivity index (χ0v) is 13.6. The molecule has 1 saturated carbocycles. The highest BCUT2D eigenvalue weighted by Gasteiger charge is 2.26. The number of rotatable bonds is 4. The Balaban J connectivity index is 2.18. The Morgan fingerprint density at radius 2 is 1.81 bits per heavy atom. The van der Waals surface area contributed by atoms with Gasteiger partial charge < -0.3 is 10.7 Å². The van der Waals surface area contributed by atoms with Crippen LogP contribution in [0.2, 0.25) is 0 Å². The van der Waals surface area contributed by atoms with Crippen LogP contribution in [-0.2, 0) is 13.0 Å². The summed E-state index contributed by atoms with van der Waals surface area (Å²) in [6, 6.07) is 4.51. The fourth-order valence-electron chi connectivity index (χ4n) is 3.30. The first-order valence-corrected chi connectivity index (χ1v) is 8.00. The van der Waals surface area contributed by atoms with Crippen LogP contribution in [0.4, 0.5) is 0 Å². The van der Waals surface area contributed by atoms with E-state index >= 15 is 0 Å². The molecule has 21 heavy (non-hydrogen) atoms. The lowest BCUT2D eigenvalue weighted by atomic mass is 9.90. The molecule has 2 heteroatoms. The lowest BCUT2D eigenvalue weighted by molar-refractivity contribution is 0.827. The van der Waals surface area contributed by atoms with Gasteiger partial charge in [0.2, 0.25) is 0 Å². The molecule has 0 atom stereocenters. The molecule has 0 saturated heterocycles. The molecule has 3 N–H and O–H groups in total. The van der Waals surface area contributed by atoms with Gasteiger partial charge in [-0.1, -0.05) is 12.1 Å². The fourth-order valence-corrected chi connectivity index (χ4v) is 3.30. The molecule has 1 aliphatic carbocycles. The standard InChI is InChI=1S/C19H26N2/c1-11-5-8-16(13(3)12(11)2)19-17(9-15-6-7-15)14(4)21-18(19)10-20/h5,8,15,21H,6-7,9-10,20H2,1-4H3. The van der Waals surface area contributed by atoms with E-state index in [1.807, 2.05) is 0 Å². The Hall–Kier alpha value is -1.54. The Morgan fingerprint density at radius 3 is 2.43 bits per heavy atom. The van der Waals surface area contributed by atoms with Crippen molar-refractivity contribution in [2.24, 2.45) is 11.7 Å². The molecule has 1 aromatic carbocycles. The summed E-state index contributed by atoms with van der Waals surface area (Å²) in [6.45, 7) is 9.41. The summed E-state index contributed by atoms with van der Waals surface area (Å²) in [4.78, 5) is 3.53. The van der Waals surface area contributed by atoms with Crippen molar-refractivity contribution in [1.29, 1.82) is 0 Å². The molecule has 0 spiro atoms. The van der Waals surface area contributed by atoms with Crippen LogP contribution in [0.5, 0.6) is 0 Å². The molecule has 3 rings (SSSR count). The molecule has 1 aliphatic rings. The zero-order valence-electron chi connectivity index (χ0n) is 13.6. The van der Waals surface area contributed by atoms with E-state index < -0.39 is 0 Å². The minimum atomic E-state index is 0.577. The van der Waals surface area contributed by atoms with E-state index in [0.717, 1.165) is 5.92 Å². The number of hydrogen-bond donors (Lipinski definition) is 2. The van der Waals surface area contributed by atoms with Gasteiger partial charge >= 0.3 is 0 Å². The summed E-state index contributed by atoms with van der Waals surface area (Å²) >= 11 is 0. The van der Waals surface area contributed by atoms with Crippen molar-refractivity contribution in [1.82, 2.24) is 4.98 Å². The van der Waals surface area contributed by atoms with E-state index in [4.69, 9.17) is 5.73 Å². The summed E-state index contributed by atoms with van der Waals surface area (Å²) in [7, 11) is 0. The third-order valence-electron chi connectivity index (χ3n) is 5.12. The molecular formula is C19H26N2. The number of nitrogens with one attached hydrogen (secondary N) is 1. The van der Waals surface area contributed by atoms with Gasteiger partial charge in [0.25, 0.3) is 0 Å². The predicted molar refractivity (Wildman–Crippen MR) is 89.5 cm³/mol. The molecular weight excluding hydrogens is 256 g/mol. The van der Waals surface area contributed by atoms with Gasteiger partial charge in [0.05, 0.1) is 0 Å². The molecule has 1 aromatic heterocycles. The van der Waals surface area contributed by atoms with E-state index in [-0.39, 0.29) is 0 Å². The minimum absolute atomic E-state index is 0.577. The van der Waals surface area contributed by atoms with Crippen molar-refractivity contribution in [3.63, 3.8) is 0 Å². The Kier molecular flexibility index (Phi) is 3.66. The number of aryl methyl sites for hydroxylation is 2. The van der Waals surface area contributed by atoms with Crippen molar-refractivity contribution >= 4 is 0 Å². The smallest absolute Gasteiger partial charge is 0.0370 e. The maximum Gasteiger partial charge on any atom is 0.0370 e. The van der Waals surface area contributed by atoms with Gasteiger partial charge in [-0.05, 0) is 80.7 Å². The summed E-state index contributed by atoms with van der Waals surface area (Å²) in [5, 5.41) is 0. The highest BCUT2D eigenvalue weighted by Crippen LogP contribution is 2.40. The Labute approximate surface area is 127 Å². The largest absolute Gasteiger partial charge is 0.361 e. The van der Waals surface area contributed by atoms with Crippen LogP contribution in [-0.4, -0.2) is 4.98 Å². The molecule has 0 unspecified atom stereocenters. The Morgan fingerprint density at radius 1 is 1.10 bits per heavy atom. The van der Waals surface area contributed by atoms with Crippen molar-refractivity contribution in [2.45, 2.75) is 53.5 Å². The number of nitrogens with two attached hydrogens (primary N) is 1. The summed E-state index contributed by atoms with van der Waals surface area (Å²) in [6.07, 6.45) is 3.96. The van der Waals surface area contributed by atoms with E-state index in [0.29, 0.717) is 6.54 Å². The zero-order chi connectivity index (χ0) is 15.1. The molecule has 2 nitrogen and oxygen atoms in total. The quantitative estimate of drug-likeness (QED) is 0.861. The number of hydrogen-bond acceptors (Lipinski definition) is 1. The highest BCUT2D eigenvalue weighted by atomic mass is 14.8. The predicted octanol–water partition coefficient (Wildman–Crippen LogP) is 4.33. The summed E-state index contributed by atoms with van der Waals surface area (Å²) in [5.41, 5.74) is 16.9. The highest BCUT2D eigenvalue weighted by molar-refractivity contribution is 5.76. The molecule has 0 amide bonds. The van der Waals surface area contributed by atoms with E-state index in [1.165, 1.54) is 64.0 Å². The topological polar surface area (TPSA) is 41.8 Å². The molecule has 0 radical (unpaired) electrons. The molecule has 1 heterocycles. The number of aromatic nitrogens is 1. The number of benzene rings is 1. The third kappa shape index (κ3) is 2.53. The van der Waals surface area contributed by atoms with Crippen LogP contribution in [0.15, 0.2) is 12.1 Å². The van der Waals surface area contributed by atoms with Gasteiger partial charge in [-0.15, -0.1) is 0 Å². The van der Waals surface area contributed by atoms with Crippen LogP contribution in [0, 0.1) is 33.6 Å². The van der Waals surface area contributed by atoms with E-state index in [2.05, 4.69) is 44.8 Å². The molecule has 0 aliphatic heterocycles. The van der Waals surface area contributed by atoms with Crippen molar-refractivity contribution in [3.8, 4) is 11.1 Å². The summed E-state index contributed by atoms with van der Waals surface area (Å²) in [5.74, 6) is 0.885. The first kappa shape index (κ1) is 14.4. The van der Waals surface area contributed by atoms with Crippen LogP contribution >= 0.6 is 0 Å². The van der Waals surface area contributed by atoms with Crippen LogP contribution < -0.4 is 5.73 Å². The minimum Gasteiger partial charge on any atom is -0.361 e. The molecule has 1 fully saturated rings. The monoisotopic (exact) mass is 282 g/mol. The lowest BCUT2D eigenvalue weighted by Crippen LogP contribution is -2.01. The number of aromatic amines is 1. The second-order valence-corrected chi connectivity index (χ2v) is 6.61. The third-order valence-corrected chi connectivity index (χ3v) is 5.12. The maximum absolute atomic E-state index is 6.00. The van der Waals surface area contributed by atoms with Crippen molar-refractivity contribution < 1.29 is 0 Å². The summed E-state index contributed by atoms with van der Waals surface area (Å²) < 4.78 is 0. The molecule has 112 valence electrons. The first-order valence-electron chi connectivity index (χ1n) is 8.00. The lowest BCUT2D eigenvalue weighted by Gasteiger charge is -2.14. The van der Waals surface area contributed by atoms with Crippen LogP contribution in [0.25, 0.3) is 11.1 Å². The number of H-pyrrole nitrogens is 1. The average Bonchev–Trinajstić information content (AvgIpc) is 3.23. The SMILES string of the molecule is Cc1ccc(-c2c(CN)[nH]c(C)c2CC2CC2)c(C)c1C. The van der Waals surface area contributed by atoms with Gasteiger partial charge in [-0.25, -0.2) is 0 Å². The van der Waals surface area contributed by atoms with E-state index in [9.17, 15) is 0 Å². The van der Waals surface area contributed by atoms with Gasteiger partial charge in [0.15, 0.2) is 0 Å². The fraction of sp³-hybridized carbons (Fsp3) is 0.474. The van der Waals surface area contributed by atoms with E-state index in [1.54, 1.807) is 0 Å². The Bertz CT molecular complexity index is 675. The second-order valence-electron chi connectivity index (χ2n) is 6.61. The molecule has 2 aromatic rings. The van der Waals surface area contributed by atoms with Gasteiger partial charge in [0, 0.05) is 23.5 Å². The van der Waals surface area contributed by atoms with Gasteiger partial charge in [-0.2, -0.15) is 0 Å². The maximum atomic E-state index is 6.00. The van der Waals surface area contributed by atoms with Gasteiger partial charge in [-0.3, -0.25) is 0 Å². The van der Waals surface area contributed by atoms with Crippen molar-refractivity contribution in [3.05, 3.63) is 45.8 Å². The van der Waals surface area contributed by atoms with Crippen molar-refractivity contribution in [2.75, 3.05) is 0 Å². The van der Waals surface area contributed by atoms with Crippen LogP contribution in [0.3, 0.4) is 0 Å². The van der Waals surface area contributed by atoms with Gasteiger partial charge in [0.1, 0.15) is 0 Å². The average molecular weight is 282 g/mol. The molecule has 0 bridgehead atoms. The second kappa shape index (κ2) is 5.34. The first-order chi connectivity index (χ1) is 10.0.